The average molecular weight is 462 g/mol. The Morgan fingerprint density at radius 3 is 2.29 bits per heavy atom. The maximum absolute atomic E-state index is 13.2. The van der Waals surface area contributed by atoms with Crippen LogP contribution >= 0.6 is 0 Å². The minimum atomic E-state index is -0.557. The van der Waals surface area contributed by atoms with Crippen molar-refractivity contribution in [3.8, 4) is 17.5 Å². The maximum Gasteiger partial charge on any atom is 0.256 e. The van der Waals surface area contributed by atoms with E-state index in [4.69, 9.17) is 0 Å². The summed E-state index contributed by atoms with van der Waals surface area (Å²) in [5.41, 5.74) is 1.97. The highest BCUT2D eigenvalue weighted by Gasteiger charge is 2.37. The molecule has 6 nitrogen and oxygen atoms in total. The second-order valence-corrected chi connectivity index (χ2v) is 7.48. The summed E-state index contributed by atoms with van der Waals surface area (Å²) < 4.78 is 13.2. The first-order valence-electron chi connectivity index (χ1n) is 11.8. The second kappa shape index (κ2) is 13.1. The van der Waals surface area contributed by atoms with Crippen molar-refractivity contribution >= 4 is 5.91 Å². The number of hydrogen-bond donors (Lipinski definition) is 0. The smallest absolute Gasteiger partial charge is 0.256 e. The Balaban J connectivity index is 0.000000970. The summed E-state index contributed by atoms with van der Waals surface area (Å²) in [4.78, 5) is 27.5. The molecular weight excluding hydrogens is 429 g/mol. The molecule has 178 valence electrons. The molecule has 1 saturated heterocycles. The number of likely N-dealkylation sites (tertiary alicyclic amines) is 1. The molecule has 0 N–H and O–H groups in total. The molecule has 1 amide bonds. The van der Waals surface area contributed by atoms with Gasteiger partial charge < -0.3 is 4.90 Å². The van der Waals surface area contributed by atoms with Crippen molar-refractivity contribution in [2.45, 2.75) is 47.0 Å². The first kappa shape index (κ1) is 26.6. The summed E-state index contributed by atoms with van der Waals surface area (Å²) >= 11 is 0. The first-order valence-corrected chi connectivity index (χ1v) is 11.8. The van der Waals surface area contributed by atoms with Crippen LogP contribution in [-0.2, 0) is 6.42 Å². The molecule has 7 heteroatoms. The second-order valence-electron chi connectivity index (χ2n) is 7.48. The van der Waals surface area contributed by atoms with Crippen molar-refractivity contribution in [2.75, 3.05) is 13.1 Å². The number of carbonyl (C=O) groups excluding carboxylic acids is 1. The molecule has 3 aromatic rings. The topological polar surface area (TPSA) is 82.8 Å². The molecule has 4 rings (SSSR count). The Morgan fingerprint density at radius 1 is 1.03 bits per heavy atom. The Labute approximate surface area is 201 Å². The van der Waals surface area contributed by atoms with Gasteiger partial charge in [-0.25, -0.2) is 14.4 Å². The summed E-state index contributed by atoms with van der Waals surface area (Å²) in [5.74, 6) is -0.411. The summed E-state index contributed by atoms with van der Waals surface area (Å²) in [6, 6.07) is 13.9. The number of pyridine rings is 1. The third-order valence-corrected chi connectivity index (χ3v) is 5.56. The predicted octanol–water partition coefficient (Wildman–Crippen LogP) is 5.72. The number of benzene rings is 1. The van der Waals surface area contributed by atoms with Crippen LogP contribution in [0, 0.1) is 22.6 Å². The molecule has 1 fully saturated rings. The number of halogens is 1. The SMILES string of the molecule is CC.CC.N#CC1(Cc2ccc(F)cc2)CCN(C(=O)c2cccnc2-c2ccncn2)CC1. The fourth-order valence-electron chi connectivity index (χ4n) is 3.84. The zero-order chi connectivity index (χ0) is 25.0. The molecule has 0 atom stereocenters. The summed E-state index contributed by atoms with van der Waals surface area (Å²) in [6.07, 6.45) is 6.35. The lowest BCUT2D eigenvalue weighted by Crippen LogP contribution is -2.43. The minimum absolute atomic E-state index is 0.120. The lowest BCUT2D eigenvalue weighted by molar-refractivity contribution is 0.0647. The maximum atomic E-state index is 13.2. The van der Waals surface area contributed by atoms with Crippen LogP contribution in [0.3, 0.4) is 0 Å². The largest absolute Gasteiger partial charge is 0.338 e. The molecule has 0 radical (unpaired) electrons. The van der Waals surface area contributed by atoms with E-state index in [1.807, 2.05) is 27.7 Å². The highest BCUT2D eigenvalue weighted by atomic mass is 19.1. The number of carbonyl (C=O) groups is 1. The van der Waals surface area contributed by atoms with E-state index in [2.05, 4.69) is 21.0 Å². The van der Waals surface area contributed by atoms with Gasteiger partial charge in [0.25, 0.3) is 5.91 Å². The molecule has 0 bridgehead atoms. The molecule has 1 aromatic carbocycles. The van der Waals surface area contributed by atoms with Gasteiger partial charge in [-0.3, -0.25) is 9.78 Å². The molecule has 2 aromatic heterocycles. The van der Waals surface area contributed by atoms with Gasteiger partial charge in [-0.05, 0) is 55.2 Å². The van der Waals surface area contributed by atoms with Crippen molar-refractivity contribution in [1.29, 1.82) is 5.26 Å². The number of piperidine rings is 1. The number of aromatic nitrogens is 3. The molecule has 1 aliphatic heterocycles. The van der Waals surface area contributed by atoms with Gasteiger partial charge >= 0.3 is 0 Å². The van der Waals surface area contributed by atoms with Crippen molar-refractivity contribution in [1.82, 2.24) is 19.9 Å². The van der Waals surface area contributed by atoms with Gasteiger partial charge in [-0.2, -0.15) is 5.26 Å². The van der Waals surface area contributed by atoms with Crippen molar-refractivity contribution in [3.05, 3.63) is 78.1 Å². The summed E-state index contributed by atoms with van der Waals surface area (Å²) in [6.45, 7) is 8.96. The van der Waals surface area contributed by atoms with E-state index in [0.29, 0.717) is 49.3 Å². The van der Waals surface area contributed by atoms with Crippen LogP contribution < -0.4 is 0 Å². The van der Waals surface area contributed by atoms with Crippen LogP contribution in [0.5, 0.6) is 0 Å². The van der Waals surface area contributed by atoms with E-state index in [1.165, 1.54) is 18.5 Å². The molecule has 0 saturated carbocycles. The van der Waals surface area contributed by atoms with Gasteiger partial charge in [0, 0.05) is 25.5 Å². The van der Waals surface area contributed by atoms with Crippen LogP contribution in [0.15, 0.2) is 61.2 Å². The number of amides is 1. The first-order chi connectivity index (χ1) is 16.6. The van der Waals surface area contributed by atoms with E-state index in [-0.39, 0.29) is 11.7 Å². The lowest BCUT2D eigenvalue weighted by atomic mass is 9.75. The van der Waals surface area contributed by atoms with Crippen LogP contribution in [0.1, 0.15) is 56.5 Å². The normalized spacial score (nSPS) is 13.9. The Hall–Kier alpha value is -3.66. The zero-order valence-electron chi connectivity index (χ0n) is 20.3. The van der Waals surface area contributed by atoms with Crippen molar-refractivity contribution < 1.29 is 9.18 Å². The summed E-state index contributed by atoms with van der Waals surface area (Å²) in [5, 5.41) is 9.84. The molecule has 0 unspecified atom stereocenters. The lowest BCUT2D eigenvalue weighted by Gasteiger charge is -2.37. The Morgan fingerprint density at radius 2 is 1.71 bits per heavy atom. The predicted molar refractivity (Wildman–Crippen MR) is 131 cm³/mol. The quantitative estimate of drug-likeness (QED) is 0.496. The van der Waals surface area contributed by atoms with E-state index < -0.39 is 5.41 Å². The van der Waals surface area contributed by atoms with Crippen LogP contribution in [0.4, 0.5) is 4.39 Å². The monoisotopic (exact) mass is 461 g/mol. The van der Waals surface area contributed by atoms with Crippen LogP contribution in [0.25, 0.3) is 11.4 Å². The van der Waals surface area contributed by atoms with Gasteiger partial charge in [0.15, 0.2) is 0 Å². The fraction of sp³-hybridized carbons (Fsp3) is 0.370. The van der Waals surface area contributed by atoms with Crippen LogP contribution in [-0.4, -0.2) is 38.8 Å². The molecule has 3 heterocycles. The van der Waals surface area contributed by atoms with E-state index in [1.54, 1.807) is 47.6 Å². The van der Waals surface area contributed by atoms with E-state index in [0.717, 1.165) is 5.56 Å². The highest BCUT2D eigenvalue weighted by Crippen LogP contribution is 2.35. The van der Waals surface area contributed by atoms with E-state index in [9.17, 15) is 14.4 Å². The van der Waals surface area contributed by atoms with Gasteiger partial charge in [0.05, 0.1) is 22.7 Å². The molecular formula is C27H32FN5O. The number of nitriles is 1. The Bertz CT molecular complexity index is 1070. The third kappa shape index (κ3) is 6.44. The van der Waals surface area contributed by atoms with Gasteiger partial charge in [-0.15, -0.1) is 0 Å². The van der Waals surface area contributed by atoms with Crippen LogP contribution in [0.2, 0.25) is 0 Å². The average Bonchev–Trinajstić information content (AvgIpc) is 2.93. The van der Waals surface area contributed by atoms with Gasteiger partial charge in [0.1, 0.15) is 17.8 Å². The molecule has 0 aliphatic carbocycles. The van der Waals surface area contributed by atoms with E-state index >= 15 is 0 Å². The van der Waals surface area contributed by atoms with Gasteiger partial charge in [0.2, 0.25) is 0 Å². The van der Waals surface area contributed by atoms with Crippen molar-refractivity contribution in [2.24, 2.45) is 5.41 Å². The Kier molecular flexibility index (Phi) is 10.3. The molecule has 0 spiro atoms. The fourth-order valence-corrected chi connectivity index (χ4v) is 3.84. The van der Waals surface area contributed by atoms with Gasteiger partial charge in [-0.1, -0.05) is 39.8 Å². The number of nitrogens with zero attached hydrogens (tertiary/aromatic N) is 5. The number of hydrogen-bond acceptors (Lipinski definition) is 5. The number of rotatable bonds is 4. The standard InChI is InChI=1S/C23H20FN5O.2C2H6/c24-18-5-3-17(4-6-18)14-23(15-25)8-12-29(13-9-23)22(30)19-2-1-10-27-21(19)20-7-11-26-16-28-20;2*1-2/h1-7,10-11,16H,8-9,12-14H2;2*1-2H3. The highest BCUT2D eigenvalue weighted by molar-refractivity contribution is 5.99. The minimum Gasteiger partial charge on any atom is -0.338 e. The zero-order valence-corrected chi connectivity index (χ0v) is 20.3. The van der Waals surface area contributed by atoms with Crippen molar-refractivity contribution in [3.63, 3.8) is 0 Å². The molecule has 1 aliphatic rings. The summed E-state index contributed by atoms with van der Waals surface area (Å²) in [7, 11) is 0. The third-order valence-electron chi connectivity index (χ3n) is 5.56. The molecule has 34 heavy (non-hydrogen) atoms.